The minimum atomic E-state index is -0.743. The summed E-state index contributed by atoms with van der Waals surface area (Å²) >= 11 is 0. The summed E-state index contributed by atoms with van der Waals surface area (Å²) in [5.74, 6) is 0. The maximum absolute atomic E-state index is 10.2. The van der Waals surface area contributed by atoms with Gasteiger partial charge in [-0.05, 0) is 53.1 Å². The molecule has 1 N–H and O–H groups in total. The van der Waals surface area contributed by atoms with E-state index in [1.54, 1.807) is 0 Å². The maximum Gasteiger partial charge on any atom is 0.0718 e. The maximum atomic E-state index is 10.2. The minimum Gasteiger partial charge on any atom is -0.389 e. The second kappa shape index (κ2) is 12.8. The van der Waals surface area contributed by atoms with Gasteiger partial charge in [0.25, 0.3) is 0 Å². The Hall–Kier alpha value is -2.06. The predicted octanol–water partition coefficient (Wildman–Crippen LogP) is 3.93. The molecule has 1 fully saturated rings. The fraction of sp³-hybridized carbons (Fsp3) is 0.517. The van der Waals surface area contributed by atoms with E-state index in [2.05, 4.69) is 64.4 Å². The van der Waals surface area contributed by atoms with E-state index in [0.717, 1.165) is 32.7 Å². The molecule has 35 heavy (non-hydrogen) atoms. The van der Waals surface area contributed by atoms with E-state index in [0.29, 0.717) is 46.2 Å². The third-order valence-electron chi connectivity index (χ3n) is 6.42. The second-order valence-electron chi connectivity index (χ2n) is 10.0. The molecular weight excluding hydrogens is 440 g/mol. The van der Waals surface area contributed by atoms with Gasteiger partial charge >= 0.3 is 0 Å². The highest BCUT2D eigenvalue weighted by molar-refractivity contribution is 5.99. The van der Waals surface area contributed by atoms with Crippen LogP contribution in [0, 0.1) is 0 Å². The van der Waals surface area contributed by atoms with Crippen molar-refractivity contribution in [3.05, 3.63) is 60.2 Å². The molecule has 0 aliphatic carbocycles. The number of benzene rings is 3. The highest BCUT2D eigenvalue weighted by atomic mass is 16.5. The summed E-state index contributed by atoms with van der Waals surface area (Å²) in [4.78, 5) is 4.62. The topological polar surface area (TPSA) is 54.4 Å². The summed E-state index contributed by atoms with van der Waals surface area (Å²) in [6.07, 6.45) is 0. The van der Waals surface area contributed by atoms with Gasteiger partial charge in [0.2, 0.25) is 0 Å². The Balaban J connectivity index is 1.42. The third kappa shape index (κ3) is 8.24. The van der Waals surface area contributed by atoms with Crippen molar-refractivity contribution in [1.82, 2.24) is 9.80 Å². The van der Waals surface area contributed by atoms with E-state index in [1.807, 2.05) is 13.8 Å². The molecule has 190 valence electrons. The molecule has 4 rings (SSSR count). The molecule has 0 unspecified atom stereocenters. The molecule has 1 heterocycles. The smallest absolute Gasteiger partial charge is 0.0718 e. The number of hydrogen-bond acceptors (Lipinski definition) is 6. The SMILES string of the molecule is CC(C)(O)CN1CCOCCOCCN(Cc2cccc3cc4ccccc4cc23)CCOCC1. The zero-order valence-corrected chi connectivity index (χ0v) is 21.2. The summed E-state index contributed by atoms with van der Waals surface area (Å²) < 4.78 is 17.6. The van der Waals surface area contributed by atoms with Crippen LogP contribution >= 0.6 is 0 Å². The number of nitrogens with zero attached hydrogens (tertiary/aromatic N) is 2. The number of ether oxygens (including phenoxy) is 3. The van der Waals surface area contributed by atoms with Gasteiger partial charge in [-0.1, -0.05) is 42.5 Å². The van der Waals surface area contributed by atoms with Gasteiger partial charge in [0.15, 0.2) is 0 Å². The van der Waals surface area contributed by atoms with Crippen LogP contribution in [0.4, 0.5) is 0 Å². The van der Waals surface area contributed by atoms with E-state index in [1.165, 1.54) is 27.1 Å². The summed E-state index contributed by atoms with van der Waals surface area (Å²) in [5.41, 5.74) is 0.581. The van der Waals surface area contributed by atoms with E-state index in [4.69, 9.17) is 14.2 Å². The minimum absolute atomic E-state index is 0.587. The van der Waals surface area contributed by atoms with Gasteiger partial charge in [-0.2, -0.15) is 0 Å². The van der Waals surface area contributed by atoms with Crippen molar-refractivity contribution in [2.24, 2.45) is 0 Å². The molecule has 6 heteroatoms. The van der Waals surface area contributed by atoms with E-state index >= 15 is 0 Å². The average Bonchev–Trinajstić information content (AvgIpc) is 2.83. The molecule has 0 aromatic heterocycles. The van der Waals surface area contributed by atoms with Gasteiger partial charge in [-0.25, -0.2) is 0 Å². The van der Waals surface area contributed by atoms with Crippen molar-refractivity contribution < 1.29 is 19.3 Å². The largest absolute Gasteiger partial charge is 0.389 e. The number of β-amino-alcohol motifs (C(OH)–C–C–N with tert-alkyl or cyclic N) is 1. The normalized spacial score (nSPS) is 18.9. The highest BCUT2D eigenvalue weighted by Gasteiger charge is 2.18. The zero-order valence-electron chi connectivity index (χ0n) is 21.2. The first-order valence-electron chi connectivity index (χ1n) is 12.8. The molecule has 3 aromatic carbocycles. The fourth-order valence-corrected chi connectivity index (χ4v) is 4.70. The van der Waals surface area contributed by atoms with Gasteiger partial charge in [-0.3, -0.25) is 9.80 Å². The van der Waals surface area contributed by atoms with Crippen LogP contribution < -0.4 is 0 Å². The van der Waals surface area contributed by atoms with Crippen LogP contribution in [0.3, 0.4) is 0 Å². The number of hydrogen-bond donors (Lipinski definition) is 1. The first kappa shape index (κ1) is 26.0. The van der Waals surface area contributed by atoms with Crippen LogP contribution in [0.1, 0.15) is 19.4 Å². The molecule has 0 atom stereocenters. The highest BCUT2D eigenvalue weighted by Crippen LogP contribution is 2.26. The molecule has 6 nitrogen and oxygen atoms in total. The molecule has 1 saturated heterocycles. The first-order chi connectivity index (χ1) is 17.0. The number of aliphatic hydroxyl groups is 1. The van der Waals surface area contributed by atoms with Crippen molar-refractivity contribution in [2.75, 3.05) is 72.4 Å². The van der Waals surface area contributed by atoms with Crippen LogP contribution in [-0.4, -0.2) is 92.9 Å². The quantitative estimate of drug-likeness (QED) is 0.571. The molecule has 0 radical (unpaired) electrons. The van der Waals surface area contributed by atoms with Crippen molar-refractivity contribution >= 4 is 21.5 Å². The molecule has 1 aliphatic heterocycles. The lowest BCUT2D eigenvalue weighted by molar-refractivity contribution is 0.00435. The van der Waals surface area contributed by atoms with Crippen LogP contribution in [0.25, 0.3) is 21.5 Å². The van der Waals surface area contributed by atoms with Gasteiger partial charge in [0.1, 0.15) is 0 Å². The van der Waals surface area contributed by atoms with Gasteiger partial charge in [0.05, 0.1) is 45.2 Å². The van der Waals surface area contributed by atoms with Crippen LogP contribution in [0.15, 0.2) is 54.6 Å². The van der Waals surface area contributed by atoms with Crippen LogP contribution in [-0.2, 0) is 20.8 Å². The third-order valence-corrected chi connectivity index (χ3v) is 6.42. The Morgan fingerprint density at radius 1 is 0.686 bits per heavy atom. The molecule has 0 spiro atoms. The van der Waals surface area contributed by atoms with Crippen molar-refractivity contribution in [3.63, 3.8) is 0 Å². The second-order valence-corrected chi connectivity index (χ2v) is 10.0. The first-order valence-corrected chi connectivity index (χ1v) is 12.8. The Labute approximate surface area is 209 Å². The van der Waals surface area contributed by atoms with Crippen molar-refractivity contribution in [3.8, 4) is 0 Å². The molecule has 3 aromatic rings. The summed E-state index contributed by atoms with van der Waals surface area (Å²) in [6, 6.07) is 19.7. The standard InChI is InChI=1S/C29H40N2O4/c1-29(2,32)23-31-12-16-33-14-10-30(11-15-34-18-19-35-17-13-31)22-27-9-5-8-26-20-24-6-3-4-7-25(24)21-28(26)27/h3-9,20-21,32H,10-19,22-23H2,1-2H3. The Bertz CT molecular complexity index is 1070. The lowest BCUT2D eigenvalue weighted by atomic mass is 9.99. The number of fused-ring (bicyclic) bond motifs is 2. The van der Waals surface area contributed by atoms with E-state index in [9.17, 15) is 5.11 Å². The van der Waals surface area contributed by atoms with Gasteiger partial charge in [-0.15, -0.1) is 0 Å². The van der Waals surface area contributed by atoms with E-state index in [-0.39, 0.29) is 0 Å². The Kier molecular flexibility index (Phi) is 9.49. The molecule has 0 saturated carbocycles. The Morgan fingerprint density at radius 2 is 1.23 bits per heavy atom. The van der Waals surface area contributed by atoms with Crippen LogP contribution in [0.2, 0.25) is 0 Å². The Morgan fingerprint density at radius 3 is 1.86 bits per heavy atom. The zero-order chi connectivity index (χ0) is 24.5. The number of rotatable bonds is 4. The van der Waals surface area contributed by atoms with E-state index < -0.39 is 5.60 Å². The summed E-state index contributed by atoms with van der Waals surface area (Å²) in [7, 11) is 0. The molecule has 0 amide bonds. The molecule has 0 bridgehead atoms. The monoisotopic (exact) mass is 480 g/mol. The lowest BCUT2D eigenvalue weighted by Gasteiger charge is -2.29. The molecular formula is C29H40N2O4. The van der Waals surface area contributed by atoms with Gasteiger partial charge in [0, 0.05) is 39.3 Å². The van der Waals surface area contributed by atoms with Gasteiger partial charge < -0.3 is 19.3 Å². The summed E-state index contributed by atoms with van der Waals surface area (Å²) in [6.45, 7) is 12.1. The fourth-order valence-electron chi connectivity index (χ4n) is 4.70. The van der Waals surface area contributed by atoms with Crippen molar-refractivity contribution in [2.45, 2.75) is 26.0 Å². The van der Waals surface area contributed by atoms with Crippen molar-refractivity contribution in [1.29, 1.82) is 0 Å². The predicted molar refractivity (Wildman–Crippen MR) is 142 cm³/mol. The summed E-state index contributed by atoms with van der Waals surface area (Å²) in [5, 5.41) is 15.4. The average molecular weight is 481 g/mol. The van der Waals surface area contributed by atoms with Crippen LogP contribution in [0.5, 0.6) is 0 Å². The lowest BCUT2D eigenvalue weighted by Crippen LogP contribution is -2.42. The molecule has 1 aliphatic rings.